The van der Waals surface area contributed by atoms with Crippen LogP contribution in [-0.2, 0) is 13.1 Å². The van der Waals surface area contributed by atoms with E-state index in [2.05, 4.69) is 10.1 Å². The van der Waals surface area contributed by atoms with E-state index in [-0.39, 0.29) is 16.8 Å². The monoisotopic (exact) mass is 438 g/mol. The summed E-state index contributed by atoms with van der Waals surface area (Å²) in [7, 11) is 0. The topological polar surface area (TPSA) is 72.9 Å². The highest BCUT2D eigenvalue weighted by molar-refractivity contribution is 7.15. The molecular formula is C15H11Cl2F3N4O2S. The van der Waals surface area contributed by atoms with E-state index in [1.165, 1.54) is 30.5 Å². The number of aliphatic hydroxyl groups is 1. The van der Waals surface area contributed by atoms with Crippen molar-refractivity contribution in [3.63, 3.8) is 0 Å². The molecule has 2 aromatic heterocycles. The highest BCUT2D eigenvalue weighted by Crippen LogP contribution is 2.24. The summed E-state index contributed by atoms with van der Waals surface area (Å²) in [5.74, 6) is -0.0180. The molecule has 0 spiro atoms. The van der Waals surface area contributed by atoms with Gasteiger partial charge in [0.15, 0.2) is 16.4 Å². The summed E-state index contributed by atoms with van der Waals surface area (Å²) in [5, 5.41) is 14.0. The number of halogens is 5. The van der Waals surface area contributed by atoms with Gasteiger partial charge in [0.05, 0.1) is 13.1 Å². The van der Waals surface area contributed by atoms with Crippen LogP contribution >= 0.6 is 34.5 Å². The third kappa shape index (κ3) is 4.52. The summed E-state index contributed by atoms with van der Waals surface area (Å²) in [4.78, 5) is 17.1. The second-order valence-corrected chi connectivity index (χ2v) is 7.65. The molecule has 1 atom stereocenters. The van der Waals surface area contributed by atoms with E-state index in [9.17, 15) is 23.1 Å². The molecule has 12 heteroatoms. The Morgan fingerprint density at radius 1 is 1.22 bits per heavy atom. The molecule has 0 saturated heterocycles. The van der Waals surface area contributed by atoms with E-state index in [0.717, 1.165) is 20.6 Å². The quantitative estimate of drug-likeness (QED) is 0.661. The van der Waals surface area contributed by atoms with Crippen molar-refractivity contribution in [3.8, 4) is 11.4 Å². The predicted octanol–water partition coefficient (Wildman–Crippen LogP) is 3.45. The molecule has 0 bridgehead atoms. The molecule has 0 fully saturated rings. The third-order valence-electron chi connectivity index (χ3n) is 3.59. The molecule has 144 valence electrons. The van der Waals surface area contributed by atoms with Crippen LogP contribution in [0.15, 0.2) is 35.3 Å². The molecule has 1 aromatic carbocycles. The number of alkyl halides is 3. The lowest BCUT2D eigenvalue weighted by molar-refractivity contribution is -0.207. The van der Waals surface area contributed by atoms with Crippen LogP contribution < -0.4 is 5.69 Å². The number of rotatable bonds is 5. The van der Waals surface area contributed by atoms with Crippen molar-refractivity contribution >= 4 is 34.5 Å². The Kier molecular flexibility index (Phi) is 5.61. The maximum Gasteiger partial charge on any atom is 0.416 e. The zero-order valence-electron chi connectivity index (χ0n) is 13.3. The molecule has 2 heterocycles. The number of thiazole rings is 1. The number of benzene rings is 1. The minimum atomic E-state index is -4.87. The van der Waals surface area contributed by atoms with E-state index in [1.807, 2.05) is 0 Å². The Bertz CT molecular complexity index is 998. The second-order valence-electron chi connectivity index (χ2n) is 5.52. The molecule has 0 saturated carbocycles. The number of nitrogens with zero attached hydrogens (tertiary/aromatic N) is 4. The minimum Gasteiger partial charge on any atom is -0.382 e. The Labute approximate surface area is 164 Å². The van der Waals surface area contributed by atoms with Crippen molar-refractivity contribution in [2.75, 3.05) is 0 Å². The average Bonchev–Trinajstić information content (AvgIpc) is 3.13. The highest BCUT2D eigenvalue weighted by Gasteiger charge is 2.39. The highest BCUT2D eigenvalue weighted by atomic mass is 35.5. The van der Waals surface area contributed by atoms with Gasteiger partial charge in [-0.15, -0.1) is 16.4 Å². The van der Waals surface area contributed by atoms with Crippen LogP contribution in [0, 0.1) is 0 Å². The molecule has 27 heavy (non-hydrogen) atoms. The maximum atomic E-state index is 12.8. The zero-order valence-corrected chi connectivity index (χ0v) is 15.6. The van der Waals surface area contributed by atoms with Gasteiger partial charge < -0.3 is 5.11 Å². The summed E-state index contributed by atoms with van der Waals surface area (Å²) in [6.45, 7) is -0.997. The molecule has 0 aliphatic rings. The van der Waals surface area contributed by atoms with Crippen LogP contribution in [0.3, 0.4) is 0 Å². The van der Waals surface area contributed by atoms with Gasteiger partial charge in [-0.3, -0.25) is 4.57 Å². The Hall–Kier alpha value is -1.88. The lowest BCUT2D eigenvalue weighted by Gasteiger charge is -2.15. The lowest BCUT2D eigenvalue weighted by atomic mass is 10.2. The van der Waals surface area contributed by atoms with Gasteiger partial charge in [0, 0.05) is 21.7 Å². The van der Waals surface area contributed by atoms with E-state index < -0.39 is 24.5 Å². The van der Waals surface area contributed by atoms with Crippen molar-refractivity contribution < 1.29 is 18.3 Å². The fourth-order valence-electron chi connectivity index (χ4n) is 2.30. The minimum absolute atomic E-state index is 0.0150. The average molecular weight is 439 g/mol. The second kappa shape index (κ2) is 7.63. The van der Waals surface area contributed by atoms with Crippen LogP contribution in [0.1, 0.15) is 4.88 Å². The van der Waals surface area contributed by atoms with E-state index in [1.54, 1.807) is 0 Å². The molecular weight excluding hydrogens is 428 g/mol. The van der Waals surface area contributed by atoms with E-state index in [0.29, 0.717) is 15.5 Å². The fourth-order valence-corrected chi connectivity index (χ4v) is 3.39. The van der Waals surface area contributed by atoms with Crippen molar-refractivity contribution in [2.24, 2.45) is 0 Å². The zero-order chi connectivity index (χ0) is 19.8. The van der Waals surface area contributed by atoms with E-state index in [4.69, 9.17) is 23.2 Å². The number of aliphatic hydroxyl groups excluding tert-OH is 1. The number of hydrogen-bond donors (Lipinski definition) is 1. The first-order valence-electron chi connectivity index (χ1n) is 7.43. The van der Waals surface area contributed by atoms with Gasteiger partial charge in [-0.05, 0) is 24.3 Å². The number of hydrogen-bond acceptors (Lipinski definition) is 5. The Balaban J connectivity index is 2.05. The third-order valence-corrected chi connectivity index (χ3v) is 4.94. The van der Waals surface area contributed by atoms with Gasteiger partial charge in [0.1, 0.15) is 0 Å². The van der Waals surface area contributed by atoms with Crippen LogP contribution in [0.25, 0.3) is 11.4 Å². The van der Waals surface area contributed by atoms with Crippen LogP contribution in [0.5, 0.6) is 0 Å². The maximum absolute atomic E-state index is 12.8. The van der Waals surface area contributed by atoms with Gasteiger partial charge in [0.2, 0.25) is 0 Å². The van der Waals surface area contributed by atoms with Crippen LogP contribution in [-0.4, -0.2) is 36.7 Å². The first-order chi connectivity index (χ1) is 12.6. The van der Waals surface area contributed by atoms with Crippen molar-refractivity contribution in [1.82, 2.24) is 19.3 Å². The van der Waals surface area contributed by atoms with Gasteiger partial charge >= 0.3 is 11.9 Å². The summed E-state index contributed by atoms with van der Waals surface area (Å²) in [5.41, 5.74) is -0.417. The molecule has 0 radical (unpaired) electrons. The molecule has 1 N–H and O–H groups in total. The Morgan fingerprint density at radius 2 is 1.89 bits per heavy atom. The summed E-state index contributed by atoms with van der Waals surface area (Å²) < 4.78 is 40.4. The normalized spacial score (nSPS) is 13.1. The summed E-state index contributed by atoms with van der Waals surface area (Å²) in [6.07, 6.45) is -6.13. The van der Waals surface area contributed by atoms with Crippen molar-refractivity contribution in [3.05, 3.63) is 55.3 Å². The molecule has 6 nitrogen and oxygen atoms in total. The molecule has 3 aromatic rings. The van der Waals surface area contributed by atoms with Gasteiger partial charge in [-0.1, -0.05) is 23.2 Å². The summed E-state index contributed by atoms with van der Waals surface area (Å²) >= 11 is 12.7. The van der Waals surface area contributed by atoms with Gasteiger partial charge in [-0.25, -0.2) is 14.5 Å². The fraction of sp³-hybridized carbons (Fsp3) is 0.267. The van der Waals surface area contributed by atoms with Gasteiger partial charge in [-0.2, -0.15) is 13.2 Å². The molecule has 0 amide bonds. The SMILES string of the molecule is O=c1n(Cc2cnc(Cl)s2)nc(-c2ccc(Cl)cc2)n1C[C@H](O)C(F)(F)F. The standard InChI is InChI=1S/C15H11Cl2F3N4O2S/c16-9-3-1-8(2-4-9)12-22-24(6-10-5-21-13(17)27-10)14(26)23(12)7-11(25)15(18,19)20/h1-5,11,25H,6-7H2/t11-/m0/s1. The molecule has 3 rings (SSSR count). The Morgan fingerprint density at radius 3 is 2.44 bits per heavy atom. The van der Waals surface area contributed by atoms with E-state index >= 15 is 0 Å². The van der Waals surface area contributed by atoms with Crippen LogP contribution in [0.2, 0.25) is 9.49 Å². The number of aromatic nitrogens is 4. The first kappa shape index (κ1) is 19.9. The smallest absolute Gasteiger partial charge is 0.382 e. The van der Waals surface area contributed by atoms with Crippen molar-refractivity contribution in [1.29, 1.82) is 0 Å². The summed E-state index contributed by atoms with van der Waals surface area (Å²) in [6, 6.07) is 6.09. The van der Waals surface area contributed by atoms with Crippen LogP contribution in [0.4, 0.5) is 13.2 Å². The van der Waals surface area contributed by atoms with Crippen molar-refractivity contribution in [2.45, 2.75) is 25.4 Å². The largest absolute Gasteiger partial charge is 0.416 e. The molecule has 0 aliphatic carbocycles. The molecule has 0 aliphatic heterocycles. The molecule has 0 unspecified atom stereocenters. The lowest BCUT2D eigenvalue weighted by Crippen LogP contribution is -2.37. The predicted molar refractivity (Wildman–Crippen MR) is 95.2 cm³/mol. The first-order valence-corrected chi connectivity index (χ1v) is 9.01. The van der Waals surface area contributed by atoms with Gasteiger partial charge in [0.25, 0.3) is 0 Å².